The summed E-state index contributed by atoms with van der Waals surface area (Å²) >= 11 is 0. The molecule has 0 radical (unpaired) electrons. The van der Waals surface area contributed by atoms with Crippen molar-refractivity contribution in [1.82, 2.24) is 19.6 Å². The summed E-state index contributed by atoms with van der Waals surface area (Å²) in [7, 11) is -4.63. The average Bonchev–Trinajstić information content (AvgIpc) is 3.85. The maximum absolute atomic E-state index is 14.7. The number of ether oxygens (including phenoxy) is 3. The van der Waals surface area contributed by atoms with E-state index in [1.54, 1.807) is 6.07 Å². The van der Waals surface area contributed by atoms with Crippen LogP contribution in [-0.4, -0.2) is 116 Å². The molecular weight excluding hydrogens is 949 g/mol. The lowest BCUT2D eigenvalue weighted by Crippen LogP contribution is -2.63. The molecule has 17 nitrogen and oxygen atoms in total. The number of rotatable bonds is 12. The number of nitrogens with zero attached hydrogens (tertiary/aromatic N) is 5. The third-order valence-corrected chi connectivity index (χ3v) is 18.7. The molecule has 6 aliphatic rings. The summed E-state index contributed by atoms with van der Waals surface area (Å²) in [5.41, 5.74) is 4.74. The molecule has 1 spiro atoms. The molecule has 3 aromatic carbocycles. The molecule has 388 valence electrons. The van der Waals surface area contributed by atoms with Crippen LogP contribution in [0.15, 0.2) is 83.9 Å². The highest BCUT2D eigenvalue weighted by Crippen LogP contribution is 2.57. The van der Waals surface area contributed by atoms with Crippen LogP contribution < -0.4 is 24.6 Å². The summed E-state index contributed by atoms with van der Waals surface area (Å²) in [4.78, 5) is 41.3. The van der Waals surface area contributed by atoms with Crippen LogP contribution in [0.3, 0.4) is 0 Å². The van der Waals surface area contributed by atoms with Crippen molar-refractivity contribution >= 4 is 55.4 Å². The fourth-order valence-corrected chi connectivity index (χ4v) is 13.9. The Balaban J connectivity index is 0.873. The van der Waals surface area contributed by atoms with Crippen molar-refractivity contribution in [2.24, 2.45) is 17.3 Å². The lowest BCUT2D eigenvalue weighted by atomic mass is 9.53. The third-order valence-electron chi connectivity index (χ3n) is 17.4. The molecule has 18 heteroatoms. The molecule has 5 atom stereocenters. The minimum atomic E-state index is -4.63. The maximum Gasteiger partial charge on any atom is 0.293 e. The van der Waals surface area contributed by atoms with Gasteiger partial charge in [-0.2, -0.15) is 4.98 Å². The number of pyridine rings is 1. The number of sulfonamides is 1. The molecule has 3 saturated heterocycles. The van der Waals surface area contributed by atoms with Crippen molar-refractivity contribution in [2.75, 3.05) is 67.7 Å². The summed E-state index contributed by atoms with van der Waals surface area (Å²) in [6, 6.07) is 22.2. The molecule has 2 aliphatic carbocycles. The number of amides is 1. The quantitative estimate of drug-likeness (QED) is 0.0681. The number of benzene rings is 3. The zero-order chi connectivity index (χ0) is 50.8. The smallest absolute Gasteiger partial charge is 0.293 e. The fraction of sp³-hybridized carbons (Fsp3) is 0.527. The van der Waals surface area contributed by atoms with Crippen molar-refractivity contribution < 1.29 is 37.5 Å². The summed E-state index contributed by atoms with van der Waals surface area (Å²) in [6.45, 7) is 14.0. The van der Waals surface area contributed by atoms with Gasteiger partial charge in [-0.25, -0.2) is 13.1 Å². The second kappa shape index (κ2) is 19.5. The normalized spacial score (nSPS) is 27.2. The highest BCUT2D eigenvalue weighted by Gasteiger charge is 2.55. The Morgan fingerprint density at radius 2 is 1.73 bits per heavy atom. The number of carbonyl (C=O) groups is 1. The van der Waals surface area contributed by atoms with Crippen LogP contribution in [-0.2, 0) is 19.5 Å². The summed E-state index contributed by atoms with van der Waals surface area (Å²) < 4.78 is 49.5. The van der Waals surface area contributed by atoms with Crippen molar-refractivity contribution in [1.29, 1.82) is 0 Å². The SMILES string of the molecule is CC(C)c1ccccc1[C@H]1COCCN1[C@@H]1CC2(CCN(c3ccc(C(=O)NS(=O)(=O)c4ccc(NCC5CCC(C)(O)CC5)c([N+](=O)[O-])c4)c(N4c5cc6cc[nH]c6nc5O[C@@H]5CCOC[C@H]54)c3)CC2)[C@@H]1C. The predicted molar refractivity (Wildman–Crippen MR) is 279 cm³/mol. The zero-order valence-corrected chi connectivity index (χ0v) is 43.0. The Morgan fingerprint density at radius 1 is 0.945 bits per heavy atom. The van der Waals surface area contributed by atoms with Crippen LogP contribution in [0.25, 0.3) is 11.0 Å². The number of nitro benzene ring substituents is 1. The number of morpholine rings is 1. The molecule has 0 unspecified atom stereocenters. The van der Waals surface area contributed by atoms with Crippen molar-refractivity contribution in [3.8, 4) is 5.88 Å². The average molecular weight is 1020 g/mol. The van der Waals surface area contributed by atoms with Gasteiger partial charge < -0.3 is 39.4 Å². The maximum atomic E-state index is 14.7. The van der Waals surface area contributed by atoms with E-state index in [0.717, 1.165) is 75.5 Å². The largest absolute Gasteiger partial charge is 0.470 e. The molecule has 5 aromatic rings. The third kappa shape index (κ3) is 9.42. The van der Waals surface area contributed by atoms with Gasteiger partial charge in [0.05, 0.1) is 65.2 Å². The molecule has 4 aliphatic heterocycles. The van der Waals surface area contributed by atoms with E-state index in [2.05, 4.69) is 69.9 Å². The molecule has 2 aromatic heterocycles. The Labute approximate surface area is 427 Å². The summed E-state index contributed by atoms with van der Waals surface area (Å²) in [5, 5.41) is 26.8. The molecular formula is C55H68N8O9S. The molecule has 5 fully saturated rings. The first-order valence-corrected chi connectivity index (χ1v) is 27.7. The zero-order valence-electron chi connectivity index (χ0n) is 42.2. The van der Waals surface area contributed by atoms with Crippen LogP contribution in [0.2, 0.25) is 0 Å². The number of nitro groups is 1. The Morgan fingerprint density at radius 3 is 2.49 bits per heavy atom. The van der Waals surface area contributed by atoms with Crippen molar-refractivity contribution in [3.05, 3.63) is 106 Å². The molecule has 11 rings (SSSR count). The van der Waals surface area contributed by atoms with Crippen LogP contribution in [0, 0.1) is 27.4 Å². The van der Waals surface area contributed by atoms with Gasteiger partial charge >= 0.3 is 0 Å². The van der Waals surface area contributed by atoms with Crippen LogP contribution in [0.4, 0.5) is 28.4 Å². The Bertz CT molecular complexity index is 3000. The Kier molecular flexibility index (Phi) is 13.2. The van der Waals surface area contributed by atoms with E-state index < -0.39 is 37.0 Å². The number of aliphatic hydroxyl groups is 1. The number of aromatic nitrogens is 2. The molecule has 2 saturated carbocycles. The number of hydrogen-bond donors (Lipinski definition) is 4. The Hall–Kier alpha value is -5.79. The molecule has 73 heavy (non-hydrogen) atoms. The highest BCUT2D eigenvalue weighted by molar-refractivity contribution is 7.90. The van der Waals surface area contributed by atoms with Gasteiger partial charge in [0.2, 0.25) is 5.88 Å². The van der Waals surface area contributed by atoms with Gasteiger partial charge in [0.1, 0.15) is 23.1 Å². The van der Waals surface area contributed by atoms with E-state index in [9.17, 15) is 28.4 Å². The first kappa shape index (κ1) is 49.4. The lowest BCUT2D eigenvalue weighted by molar-refractivity contribution is -0.384. The van der Waals surface area contributed by atoms with E-state index in [1.165, 1.54) is 23.3 Å². The minimum Gasteiger partial charge on any atom is -0.470 e. The van der Waals surface area contributed by atoms with Crippen LogP contribution in [0.5, 0.6) is 5.88 Å². The number of carbonyl (C=O) groups excluding carboxylic acids is 1. The van der Waals surface area contributed by atoms with Crippen LogP contribution >= 0.6 is 0 Å². The van der Waals surface area contributed by atoms with Gasteiger partial charge in [0.15, 0.2) is 0 Å². The number of piperidine rings is 1. The van der Waals surface area contributed by atoms with E-state index in [-0.39, 0.29) is 40.8 Å². The highest BCUT2D eigenvalue weighted by atomic mass is 32.2. The number of anilines is 4. The van der Waals surface area contributed by atoms with Gasteiger partial charge in [0, 0.05) is 62.0 Å². The molecule has 0 bridgehead atoms. The number of nitrogens with one attached hydrogen (secondary N) is 3. The van der Waals surface area contributed by atoms with E-state index in [1.807, 2.05) is 42.3 Å². The lowest BCUT2D eigenvalue weighted by Gasteiger charge is -2.62. The van der Waals surface area contributed by atoms with Gasteiger partial charge in [0.25, 0.3) is 21.6 Å². The summed E-state index contributed by atoms with van der Waals surface area (Å²) in [6.07, 6.45) is 7.99. The standard InChI is InChI=1S/C55H68N8O9S/c1-34(2)40-7-5-6-8-41(40)48-32-71-26-24-61(48)47-30-55(35(47)3)19-22-60(23-20-55)38-9-11-42(44(28-38)62-46-27-37-15-21-56-51(37)58-53(46)72-50-16-25-70-33-49(50)62)52(64)59-73(68,69)39-10-12-43(45(29-39)63(66)67)57-31-36-13-17-54(4,65)18-14-36/h5-12,15,21,27-29,34-36,47-50,57,65H,13-14,16-20,22-26,30-33H2,1-4H3,(H,56,58)(H,59,64)/t35-,36?,47-,48-,49-,50-,54?/m1/s1. The molecule has 1 amide bonds. The first-order valence-electron chi connectivity index (χ1n) is 26.2. The second-order valence-electron chi connectivity index (χ2n) is 22.1. The van der Waals surface area contributed by atoms with Crippen LogP contribution in [0.1, 0.15) is 113 Å². The molecule has 4 N–H and O–H groups in total. The van der Waals surface area contributed by atoms with Gasteiger partial charge in [-0.05, 0) is 129 Å². The second-order valence-corrected chi connectivity index (χ2v) is 23.8. The van der Waals surface area contributed by atoms with Crippen molar-refractivity contribution in [2.45, 2.75) is 120 Å². The summed E-state index contributed by atoms with van der Waals surface area (Å²) in [5.74, 6) is 0.611. The van der Waals surface area contributed by atoms with E-state index >= 15 is 0 Å². The van der Waals surface area contributed by atoms with Gasteiger partial charge in [-0.3, -0.25) is 19.8 Å². The van der Waals surface area contributed by atoms with Crippen molar-refractivity contribution in [3.63, 3.8) is 0 Å². The monoisotopic (exact) mass is 1020 g/mol. The number of aromatic amines is 1. The topological polar surface area (TPSA) is 205 Å². The number of H-pyrrole nitrogens is 1. The minimum absolute atomic E-state index is 0.0981. The van der Waals surface area contributed by atoms with E-state index in [0.29, 0.717) is 86.4 Å². The molecule has 6 heterocycles. The van der Waals surface area contributed by atoms with E-state index in [4.69, 9.17) is 19.2 Å². The predicted octanol–water partition coefficient (Wildman–Crippen LogP) is 8.82. The van der Waals surface area contributed by atoms with Gasteiger partial charge in [-0.15, -0.1) is 0 Å². The number of fused-ring (bicyclic) bond motifs is 3. The van der Waals surface area contributed by atoms with Gasteiger partial charge in [-0.1, -0.05) is 45.0 Å². The fourth-order valence-electron chi connectivity index (χ4n) is 12.9. The first-order chi connectivity index (χ1) is 35.1. The number of hydrogen-bond acceptors (Lipinski definition) is 14.